The highest BCUT2D eigenvalue weighted by Crippen LogP contribution is 2.38. The average molecular weight is 949 g/mol. The van der Waals surface area contributed by atoms with Crippen LogP contribution in [-0.4, -0.2) is 107 Å². The summed E-state index contributed by atoms with van der Waals surface area (Å²) < 4.78 is 65.2. The van der Waals surface area contributed by atoms with Crippen LogP contribution in [0.3, 0.4) is 0 Å². The second-order valence-electron chi connectivity index (χ2n) is 18.7. The summed E-state index contributed by atoms with van der Waals surface area (Å²) in [6, 6.07) is 17.6. The van der Waals surface area contributed by atoms with Crippen LogP contribution in [0.15, 0.2) is 86.0 Å². The van der Waals surface area contributed by atoms with Crippen LogP contribution in [0.4, 0.5) is 4.79 Å². The number of hydrogen-bond acceptors (Lipinski definition) is 11. The number of hydrogen-bond donors (Lipinski definition) is 2. The number of fused-ring (bicyclic) bond motifs is 2. The van der Waals surface area contributed by atoms with E-state index < -0.39 is 79.9 Å². The predicted molar refractivity (Wildman–Crippen MR) is 263 cm³/mol. The maximum atomic E-state index is 14.8. The number of urea groups is 1. The van der Waals surface area contributed by atoms with Gasteiger partial charge in [-0.15, -0.1) is 13.2 Å². The summed E-state index contributed by atoms with van der Waals surface area (Å²) in [5, 5.41) is 6.46. The number of unbranched alkanes of at least 4 members (excludes halogenated alkanes) is 16. The van der Waals surface area contributed by atoms with Crippen molar-refractivity contribution >= 4 is 6.03 Å². The van der Waals surface area contributed by atoms with Gasteiger partial charge in [-0.2, -0.15) is 0 Å². The molecular formula is C55H84N2O11. The third-order valence-corrected chi connectivity index (χ3v) is 13.3. The van der Waals surface area contributed by atoms with E-state index in [4.69, 9.17) is 47.4 Å². The highest BCUT2D eigenvalue weighted by molar-refractivity contribution is 5.75. The van der Waals surface area contributed by atoms with E-state index in [9.17, 15) is 4.79 Å². The molecule has 68 heavy (non-hydrogen) atoms. The van der Waals surface area contributed by atoms with Crippen molar-refractivity contribution in [3.05, 3.63) is 97.1 Å². The lowest BCUT2D eigenvalue weighted by Gasteiger charge is -2.50. The van der Waals surface area contributed by atoms with Crippen molar-refractivity contribution in [1.82, 2.24) is 10.6 Å². The second kappa shape index (κ2) is 31.2. The molecule has 0 bridgehead atoms. The van der Waals surface area contributed by atoms with E-state index in [0.29, 0.717) is 13.2 Å². The first kappa shape index (κ1) is 54.1. The maximum Gasteiger partial charge on any atom is 0.315 e. The van der Waals surface area contributed by atoms with Gasteiger partial charge in [-0.1, -0.05) is 189 Å². The number of ether oxygens (including phenoxy) is 10. The lowest BCUT2D eigenvalue weighted by atomic mass is 9.94. The minimum Gasteiger partial charge on any atom is -0.373 e. The van der Waals surface area contributed by atoms with E-state index >= 15 is 0 Å². The summed E-state index contributed by atoms with van der Waals surface area (Å²) in [5.41, 5.74) is 1.77. The highest BCUT2D eigenvalue weighted by Gasteiger charge is 2.54. The van der Waals surface area contributed by atoms with Gasteiger partial charge in [-0.05, 0) is 12.8 Å². The summed E-state index contributed by atoms with van der Waals surface area (Å²) >= 11 is 0. The topological polar surface area (TPSA) is 133 Å². The Kier molecular flexibility index (Phi) is 24.8. The van der Waals surface area contributed by atoms with Crippen molar-refractivity contribution in [3.8, 4) is 0 Å². The van der Waals surface area contributed by atoms with Crippen LogP contribution >= 0.6 is 0 Å². The maximum absolute atomic E-state index is 14.8. The van der Waals surface area contributed by atoms with Gasteiger partial charge in [0.2, 0.25) is 0 Å². The molecule has 380 valence electrons. The first-order valence-corrected chi connectivity index (χ1v) is 26.2. The molecule has 13 heteroatoms. The van der Waals surface area contributed by atoms with Crippen LogP contribution in [0.1, 0.15) is 153 Å². The highest BCUT2D eigenvalue weighted by atomic mass is 16.8. The molecule has 2 N–H and O–H groups in total. The smallest absolute Gasteiger partial charge is 0.315 e. The summed E-state index contributed by atoms with van der Waals surface area (Å²) in [5.74, 6) is 0. The Balaban J connectivity index is 1.20. The van der Waals surface area contributed by atoms with Crippen LogP contribution in [0, 0.1) is 0 Å². The van der Waals surface area contributed by atoms with Crippen LogP contribution in [0.25, 0.3) is 0 Å². The van der Waals surface area contributed by atoms with Gasteiger partial charge in [0.15, 0.2) is 25.2 Å². The van der Waals surface area contributed by atoms with Crippen LogP contribution in [0.2, 0.25) is 0 Å². The van der Waals surface area contributed by atoms with E-state index in [2.05, 4.69) is 37.6 Å². The molecule has 13 nitrogen and oxygen atoms in total. The molecular weight excluding hydrogens is 865 g/mol. The van der Waals surface area contributed by atoms with Gasteiger partial charge in [0.1, 0.15) is 48.7 Å². The Morgan fingerprint density at radius 1 is 0.529 bits per heavy atom. The fourth-order valence-electron chi connectivity index (χ4n) is 9.62. The number of carbonyl (C=O) groups is 1. The first-order chi connectivity index (χ1) is 33.5. The van der Waals surface area contributed by atoms with Crippen LogP contribution < -0.4 is 10.6 Å². The molecule has 0 spiro atoms. The molecule has 4 fully saturated rings. The third-order valence-electron chi connectivity index (χ3n) is 13.3. The quantitative estimate of drug-likeness (QED) is 0.0536. The Bertz CT molecular complexity index is 1550. The minimum atomic E-state index is -0.905. The van der Waals surface area contributed by atoms with Crippen molar-refractivity contribution in [2.24, 2.45) is 0 Å². The summed E-state index contributed by atoms with van der Waals surface area (Å²) in [4.78, 5) is 14.8. The van der Waals surface area contributed by atoms with Crippen molar-refractivity contribution < 1.29 is 52.2 Å². The van der Waals surface area contributed by atoms with E-state index in [1.807, 2.05) is 60.7 Å². The second-order valence-corrected chi connectivity index (χ2v) is 18.7. The molecule has 0 aliphatic carbocycles. The summed E-state index contributed by atoms with van der Waals surface area (Å²) in [6.45, 7) is 14.1. The zero-order chi connectivity index (χ0) is 47.6. The molecule has 0 radical (unpaired) electrons. The normalized spacial score (nSPS) is 29.1. The van der Waals surface area contributed by atoms with Crippen LogP contribution in [0.5, 0.6) is 0 Å². The molecule has 4 heterocycles. The lowest BCUT2D eigenvalue weighted by molar-refractivity contribution is -0.348. The molecule has 2 amide bonds. The predicted octanol–water partition coefficient (Wildman–Crippen LogP) is 10.9. The van der Waals surface area contributed by atoms with Gasteiger partial charge in [0.05, 0.1) is 26.4 Å². The molecule has 12 atom stereocenters. The lowest BCUT2D eigenvalue weighted by Crippen LogP contribution is -2.71. The fraction of sp³-hybridized carbons (Fsp3) is 0.691. The van der Waals surface area contributed by atoms with E-state index in [-0.39, 0.29) is 26.4 Å². The molecule has 4 aliphatic heterocycles. The van der Waals surface area contributed by atoms with Gasteiger partial charge in [-0.25, -0.2) is 4.79 Å². The molecule has 4 aliphatic rings. The van der Waals surface area contributed by atoms with Crippen molar-refractivity contribution in [2.45, 2.75) is 203 Å². The molecule has 2 aromatic rings. The average Bonchev–Trinajstić information content (AvgIpc) is 3.37. The van der Waals surface area contributed by atoms with Gasteiger partial charge in [-0.3, -0.25) is 0 Å². The number of amides is 2. The number of carbonyl (C=O) groups excluding carboxylic acids is 1. The largest absolute Gasteiger partial charge is 0.373 e. The zero-order valence-electron chi connectivity index (χ0n) is 41.2. The molecule has 0 saturated carbocycles. The van der Waals surface area contributed by atoms with Crippen molar-refractivity contribution in [1.29, 1.82) is 0 Å². The van der Waals surface area contributed by atoms with Gasteiger partial charge in [0.25, 0.3) is 0 Å². The Labute approximate surface area is 407 Å². The Morgan fingerprint density at radius 3 is 1.26 bits per heavy atom. The molecule has 6 rings (SSSR count). The third kappa shape index (κ3) is 17.0. The minimum absolute atomic E-state index is 0.189. The van der Waals surface area contributed by atoms with Crippen molar-refractivity contribution in [2.75, 3.05) is 39.6 Å². The van der Waals surface area contributed by atoms with Crippen LogP contribution in [-0.2, 0) is 47.4 Å². The van der Waals surface area contributed by atoms with E-state index in [0.717, 1.165) is 49.7 Å². The summed E-state index contributed by atoms with van der Waals surface area (Å²) in [7, 11) is 0. The van der Waals surface area contributed by atoms with E-state index in [1.165, 1.54) is 77.0 Å². The van der Waals surface area contributed by atoms with Gasteiger partial charge >= 0.3 is 6.03 Å². The molecule has 2 aromatic carbocycles. The fourth-order valence-corrected chi connectivity index (χ4v) is 9.62. The number of rotatable bonds is 32. The number of benzene rings is 2. The molecule has 0 aromatic heterocycles. The zero-order valence-corrected chi connectivity index (χ0v) is 41.2. The number of nitrogens with one attached hydrogen (secondary N) is 2. The monoisotopic (exact) mass is 949 g/mol. The van der Waals surface area contributed by atoms with Gasteiger partial charge < -0.3 is 58.0 Å². The van der Waals surface area contributed by atoms with E-state index in [1.54, 1.807) is 12.2 Å². The Morgan fingerprint density at radius 2 is 0.897 bits per heavy atom. The molecule has 2 unspecified atom stereocenters. The van der Waals surface area contributed by atoms with Gasteiger partial charge in [0, 0.05) is 24.3 Å². The summed E-state index contributed by atoms with van der Waals surface area (Å²) in [6.07, 6.45) is 18.1. The standard InChI is InChI=1S/C55H84N2O11/c1-5-9-11-13-15-17-19-21-29-37-59-49-45(53(61-35-7-3)65-43-39-63-51(67-47(43)49)41-31-25-23-26-32-41)56-55(58)57-46-50(60-38-30-22-20-18-16-14-12-10-6-2)48-44(66-54(46)62-36-8-4)40-64-52(68-48)42-33-27-24-28-34-42/h7-8,23-28,31-34,43-54H,3-6,9-22,29-30,35-40H2,1-2H3,(H2,56,57,58)/t43-,44-,45-,46-,47-,48-,49-,50-,51?,52?,53+,54+/m1/s1. The first-order valence-electron chi connectivity index (χ1n) is 26.2. The SMILES string of the molecule is C=CCO[C@H]1O[C@@H]2COC(c3ccccc3)O[C@H]2[C@H](OCCCCCCCCCCC)[C@H]1NC(=O)N[C@H]1[C@@H](OCC=C)O[C@@H]2COC(c3ccccc3)O[C@H]2[C@@H]1OCCCCCCCCCCC. The Hall–Kier alpha value is -3.21. The molecule has 4 saturated heterocycles. The van der Waals surface area contributed by atoms with Crippen molar-refractivity contribution in [3.63, 3.8) is 0 Å².